The van der Waals surface area contributed by atoms with E-state index >= 15 is 0 Å². The van der Waals surface area contributed by atoms with Crippen LogP contribution in [-0.2, 0) is 6.54 Å². The Morgan fingerprint density at radius 1 is 1.38 bits per heavy atom. The lowest BCUT2D eigenvalue weighted by Crippen LogP contribution is -2.32. The normalized spacial score (nSPS) is 16.0. The minimum atomic E-state index is 0.613. The third-order valence-electron chi connectivity index (χ3n) is 3.26. The van der Waals surface area contributed by atoms with Gasteiger partial charge in [-0.25, -0.2) is 0 Å². The van der Waals surface area contributed by atoms with Crippen LogP contribution in [0.5, 0.6) is 0 Å². The summed E-state index contributed by atoms with van der Waals surface area (Å²) >= 11 is 0. The molecule has 1 fully saturated rings. The molecule has 0 unspecified atom stereocenters. The molecule has 2 nitrogen and oxygen atoms in total. The molecule has 2 N–H and O–H groups in total. The second-order valence-corrected chi connectivity index (χ2v) is 5.21. The van der Waals surface area contributed by atoms with Crippen LogP contribution < -0.4 is 5.73 Å². The molecule has 0 aliphatic heterocycles. The molecule has 0 atom stereocenters. The molecule has 88 valence electrons. The Morgan fingerprint density at radius 3 is 2.69 bits per heavy atom. The maximum Gasteiger partial charge on any atom is 0.0317 e. The van der Waals surface area contributed by atoms with Crippen molar-refractivity contribution in [2.75, 3.05) is 12.3 Å². The van der Waals surface area contributed by atoms with E-state index in [1.54, 1.807) is 0 Å². The van der Waals surface area contributed by atoms with Crippen LogP contribution in [0.3, 0.4) is 0 Å². The predicted octanol–water partition coefficient (Wildman–Crippen LogP) is 2.89. The van der Waals surface area contributed by atoms with Gasteiger partial charge in [-0.15, -0.1) is 0 Å². The van der Waals surface area contributed by atoms with E-state index in [9.17, 15) is 0 Å². The zero-order valence-corrected chi connectivity index (χ0v) is 10.3. The van der Waals surface area contributed by atoms with Gasteiger partial charge in [-0.1, -0.05) is 12.1 Å². The number of nitrogen functional groups attached to an aromatic ring is 1. The molecule has 0 radical (unpaired) electrons. The Bertz CT molecular complexity index is 342. The first-order valence-corrected chi connectivity index (χ1v) is 6.23. The summed E-state index contributed by atoms with van der Waals surface area (Å²) in [4.78, 5) is 2.55. The molecule has 0 amide bonds. The molecular weight excluding hydrogens is 196 g/mol. The fourth-order valence-electron chi connectivity index (χ4n) is 2.02. The van der Waals surface area contributed by atoms with Gasteiger partial charge >= 0.3 is 0 Å². The minimum absolute atomic E-state index is 0.613. The van der Waals surface area contributed by atoms with Gasteiger partial charge in [0, 0.05) is 24.8 Å². The first-order chi connectivity index (χ1) is 7.65. The number of nitrogens with zero attached hydrogens (tertiary/aromatic N) is 1. The summed E-state index contributed by atoms with van der Waals surface area (Å²) in [5.74, 6) is 0.948. The van der Waals surface area contributed by atoms with Crippen molar-refractivity contribution >= 4 is 5.69 Å². The van der Waals surface area contributed by atoms with Crippen LogP contribution in [0.4, 0.5) is 5.69 Å². The Morgan fingerprint density at radius 2 is 2.12 bits per heavy atom. The third kappa shape index (κ3) is 3.24. The average molecular weight is 218 g/mol. The van der Waals surface area contributed by atoms with Gasteiger partial charge in [0.05, 0.1) is 0 Å². The van der Waals surface area contributed by atoms with Gasteiger partial charge in [0.15, 0.2) is 0 Å². The summed E-state index contributed by atoms with van der Waals surface area (Å²) in [6, 6.07) is 8.85. The van der Waals surface area contributed by atoms with Gasteiger partial charge in [0.2, 0.25) is 0 Å². The predicted molar refractivity (Wildman–Crippen MR) is 69.1 cm³/mol. The molecule has 2 rings (SSSR count). The summed E-state index contributed by atoms with van der Waals surface area (Å²) < 4.78 is 0. The van der Waals surface area contributed by atoms with Crippen LogP contribution in [0.15, 0.2) is 24.3 Å². The molecule has 0 bridgehead atoms. The zero-order chi connectivity index (χ0) is 11.5. The summed E-state index contributed by atoms with van der Waals surface area (Å²) in [6.07, 6.45) is 2.83. The Hall–Kier alpha value is -1.02. The SMILES string of the molecule is CC(C)N(Cc1cccc(N)c1)CC1CC1. The van der Waals surface area contributed by atoms with Crippen molar-refractivity contribution in [3.8, 4) is 0 Å². The van der Waals surface area contributed by atoms with Gasteiger partial charge < -0.3 is 5.73 Å². The third-order valence-corrected chi connectivity index (χ3v) is 3.26. The van der Waals surface area contributed by atoms with Gasteiger partial charge in [0.1, 0.15) is 0 Å². The summed E-state index contributed by atoms with van der Waals surface area (Å²) in [6.45, 7) is 6.81. The molecule has 1 saturated carbocycles. The smallest absolute Gasteiger partial charge is 0.0317 e. The standard InChI is InChI=1S/C14H22N2/c1-11(2)16(9-12-6-7-12)10-13-4-3-5-14(15)8-13/h3-5,8,11-12H,6-7,9-10,15H2,1-2H3. The van der Waals surface area contributed by atoms with E-state index in [0.29, 0.717) is 6.04 Å². The molecule has 0 spiro atoms. The second kappa shape index (κ2) is 4.88. The van der Waals surface area contributed by atoms with Crippen molar-refractivity contribution in [2.45, 2.75) is 39.3 Å². The molecule has 1 aliphatic rings. The Kier molecular flexibility index (Phi) is 3.49. The Labute approximate surface area is 98.4 Å². The molecule has 2 heteroatoms. The topological polar surface area (TPSA) is 29.3 Å². The van der Waals surface area contributed by atoms with Crippen molar-refractivity contribution in [1.29, 1.82) is 0 Å². The molecule has 0 saturated heterocycles. The van der Waals surface area contributed by atoms with Gasteiger partial charge in [-0.2, -0.15) is 0 Å². The first kappa shape index (κ1) is 11.5. The lowest BCUT2D eigenvalue weighted by atomic mass is 10.1. The first-order valence-electron chi connectivity index (χ1n) is 6.23. The highest BCUT2D eigenvalue weighted by Crippen LogP contribution is 2.30. The monoisotopic (exact) mass is 218 g/mol. The van der Waals surface area contributed by atoms with Crippen LogP contribution in [0.25, 0.3) is 0 Å². The molecule has 16 heavy (non-hydrogen) atoms. The molecular formula is C14H22N2. The van der Waals surface area contributed by atoms with Crippen LogP contribution in [0.1, 0.15) is 32.3 Å². The maximum absolute atomic E-state index is 5.81. The van der Waals surface area contributed by atoms with E-state index in [1.807, 2.05) is 12.1 Å². The zero-order valence-electron chi connectivity index (χ0n) is 10.3. The van der Waals surface area contributed by atoms with Crippen molar-refractivity contribution in [3.05, 3.63) is 29.8 Å². The van der Waals surface area contributed by atoms with Crippen molar-refractivity contribution < 1.29 is 0 Å². The number of anilines is 1. The fourth-order valence-corrected chi connectivity index (χ4v) is 2.02. The van der Waals surface area contributed by atoms with Crippen molar-refractivity contribution in [1.82, 2.24) is 4.90 Å². The van der Waals surface area contributed by atoms with Gasteiger partial charge in [0.25, 0.3) is 0 Å². The molecule has 1 aromatic rings. The average Bonchev–Trinajstić information content (AvgIpc) is 3.00. The van der Waals surface area contributed by atoms with E-state index in [-0.39, 0.29) is 0 Å². The largest absolute Gasteiger partial charge is 0.399 e. The number of benzene rings is 1. The van der Waals surface area contributed by atoms with Gasteiger partial charge in [-0.3, -0.25) is 4.90 Å². The highest BCUT2D eigenvalue weighted by Gasteiger charge is 2.25. The Balaban J connectivity index is 1.98. The van der Waals surface area contributed by atoms with E-state index in [4.69, 9.17) is 5.73 Å². The van der Waals surface area contributed by atoms with Crippen molar-refractivity contribution in [3.63, 3.8) is 0 Å². The van der Waals surface area contributed by atoms with Crippen LogP contribution >= 0.6 is 0 Å². The van der Waals surface area contributed by atoms with Crippen LogP contribution in [0.2, 0.25) is 0 Å². The van der Waals surface area contributed by atoms with E-state index < -0.39 is 0 Å². The van der Waals surface area contributed by atoms with Crippen LogP contribution in [-0.4, -0.2) is 17.5 Å². The van der Waals surface area contributed by atoms with Crippen LogP contribution in [0, 0.1) is 5.92 Å². The molecule has 1 aliphatic carbocycles. The summed E-state index contributed by atoms with van der Waals surface area (Å²) in [7, 11) is 0. The lowest BCUT2D eigenvalue weighted by Gasteiger charge is -2.26. The number of rotatable bonds is 5. The van der Waals surface area contributed by atoms with E-state index in [2.05, 4.69) is 30.9 Å². The highest BCUT2D eigenvalue weighted by atomic mass is 15.1. The van der Waals surface area contributed by atoms with Crippen molar-refractivity contribution in [2.24, 2.45) is 5.92 Å². The highest BCUT2D eigenvalue weighted by molar-refractivity contribution is 5.40. The number of hydrogen-bond donors (Lipinski definition) is 1. The van der Waals surface area contributed by atoms with E-state index in [0.717, 1.165) is 18.2 Å². The summed E-state index contributed by atoms with van der Waals surface area (Å²) in [5, 5.41) is 0. The number of hydrogen-bond acceptors (Lipinski definition) is 2. The van der Waals surface area contributed by atoms with E-state index in [1.165, 1.54) is 24.9 Å². The molecule has 0 heterocycles. The second-order valence-electron chi connectivity index (χ2n) is 5.21. The summed E-state index contributed by atoms with van der Waals surface area (Å²) in [5.41, 5.74) is 8.00. The lowest BCUT2D eigenvalue weighted by molar-refractivity contribution is 0.204. The van der Waals surface area contributed by atoms with Gasteiger partial charge in [-0.05, 0) is 50.3 Å². The minimum Gasteiger partial charge on any atom is -0.399 e. The quantitative estimate of drug-likeness (QED) is 0.770. The number of nitrogens with two attached hydrogens (primary N) is 1. The molecule has 1 aromatic carbocycles. The fraction of sp³-hybridized carbons (Fsp3) is 0.571. The maximum atomic E-state index is 5.81. The molecule has 0 aromatic heterocycles.